The van der Waals surface area contributed by atoms with E-state index in [2.05, 4.69) is 0 Å². The molecule has 0 aromatic heterocycles. The van der Waals surface area contributed by atoms with Gasteiger partial charge in [-0.1, -0.05) is 6.08 Å². The highest BCUT2D eigenvalue weighted by Gasteiger charge is 2.11. The Morgan fingerprint density at radius 2 is 1.87 bits per heavy atom. The Labute approximate surface area is 90.2 Å². The Bertz CT molecular complexity index is 255. The monoisotopic (exact) mass is 214 g/mol. The van der Waals surface area contributed by atoms with E-state index in [1.807, 2.05) is 13.0 Å². The molecule has 4 heteroatoms. The third-order valence-electron chi connectivity index (χ3n) is 1.93. The molecule has 0 bridgehead atoms. The van der Waals surface area contributed by atoms with Gasteiger partial charge in [-0.25, -0.2) is 0 Å². The van der Waals surface area contributed by atoms with Crippen molar-refractivity contribution >= 4 is 11.9 Å². The summed E-state index contributed by atoms with van der Waals surface area (Å²) < 4.78 is 9.82. The molecule has 1 atom stereocenters. The molecular weight excluding hydrogens is 196 g/mol. The average molecular weight is 214 g/mol. The standard InChI is InChI=1S/C11H18O4/c1-5-11(6-7-14-9(3)12)8(2)15-10(4)13/h5,8H,6-7H2,1-4H3/b11-5-. The van der Waals surface area contributed by atoms with Crippen molar-refractivity contribution in [2.45, 2.75) is 40.2 Å². The predicted molar refractivity (Wildman–Crippen MR) is 56.2 cm³/mol. The third kappa shape index (κ3) is 6.71. The summed E-state index contributed by atoms with van der Waals surface area (Å²) in [6.45, 7) is 6.72. The van der Waals surface area contributed by atoms with Gasteiger partial charge in [0.15, 0.2) is 0 Å². The lowest BCUT2D eigenvalue weighted by atomic mass is 10.1. The van der Waals surface area contributed by atoms with Crippen LogP contribution in [0, 0.1) is 0 Å². The zero-order valence-electron chi connectivity index (χ0n) is 9.70. The zero-order valence-corrected chi connectivity index (χ0v) is 9.70. The van der Waals surface area contributed by atoms with Gasteiger partial charge in [0.05, 0.1) is 6.61 Å². The van der Waals surface area contributed by atoms with Gasteiger partial charge < -0.3 is 9.47 Å². The van der Waals surface area contributed by atoms with Gasteiger partial charge in [-0.2, -0.15) is 0 Å². The van der Waals surface area contributed by atoms with Crippen LogP contribution in [0.15, 0.2) is 11.6 Å². The van der Waals surface area contributed by atoms with Crippen molar-refractivity contribution in [3.05, 3.63) is 11.6 Å². The minimum atomic E-state index is -0.311. The van der Waals surface area contributed by atoms with Gasteiger partial charge in [-0.05, 0) is 19.4 Å². The summed E-state index contributed by atoms with van der Waals surface area (Å²) in [4.78, 5) is 21.3. The Balaban J connectivity index is 4.03. The molecule has 0 N–H and O–H groups in total. The summed E-state index contributed by atoms with van der Waals surface area (Å²) in [7, 11) is 0. The first-order valence-corrected chi connectivity index (χ1v) is 4.93. The number of hydrogen-bond acceptors (Lipinski definition) is 4. The van der Waals surface area contributed by atoms with Crippen molar-refractivity contribution < 1.29 is 19.1 Å². The molecule has 0 fully saturated rings. The molecule has 1 unspecified atom stereocenters. The molecule has 0 aliphatic rings. The fourth-order valence-corrected chi connectivity index (χ4v) is 1.22. The number of carbonyl (C=O) groups excluding carboxylic acids is 2. The van der Waals surface area contributed by atoms with Gasteiger partial charge in [0.1, 0.15) is 6.10 Å². The van der Waals surface area contributed by atoms with Crippen molar-refractivity contribution in [2.75, 3.05) is 6.61 Å². The summed E-state index contributed by atoms with van der Waals surface area (Å²) in [6.07, 6.45) is 2.20. The Morgan fingerprint density at radius 1 is 1.27 bits per heavy atom. The van der Waals surface area contributed by atoms with Crippen LogP contribution < -0.4 is 0 Å². The second-order valence-electron chi connectivity index (χ2n) is 3.21. The van der Waals surface area contributed by atoms with Gasteiger partial charge in [0.2, 0.25) is 0 Å². The predicted octanol–water partition coefficient (Wildman–Crippen LogP) is 1.84. The maximum absolute atomic E-state index is 10.7. The van der Waals surface area contributed by atoms with Crippen molar-refractivity contribution in [3.63, 3.8) is 0 Å². The lowest BCUT2D eigenvalue weighted by Crippen LogP contribution is -2.16. The SMILES string of the molecule is C/C=C(/CCOC(C)=O)C(C)OC(C)=O. The van der Waals surface area contributed by atoms with Crippen LogP contribution in [0.3, 0.4) is 0 Å². The van der Waals surface area contributed by atoms with E-state index in [0.29, 0.717) is 13.0 Å². The quantitative estimate of drug-likeness (QED) is 0.517. The molecule has 0 aliphatic carbocycles. The first kappa shape index (κ1) is 13.7. The molecule has 0 aromatic rings. The topological polar surface area (TPSA) is 52.6 Å². The van der Waals surface area contributed by atoms with Gasteiger partial charge in [0.25, 0.3) is 0 Å². The summed E-state index contributed by atoms with van der Waals surface area (Å²) >= 11 is 0. The van der Waals surface area contributed by atoms with Gasteiger partial charge in [-0.3, -0.25) is 9.59 Å². The number of esters is 2. The first-order valence-electron chi connectivity index (χ1n) is 4.93. The summed E-state index contributed by atoms with van der Waals surface area (Å²) in [6, 6.07) is 0. The van der Waals surface area contributed by atoms with Crippen LogP contribution in [0.4, 0.5) is 0 Å². The lowest BCUT2D eigenvalue weighted by molar-refractivity contribution is -0.145. The van der Waals surface area contributed by atoms with Crippen molar-refractivity contribution in [1.29, 1.82) is 0 Å². The molecule has 0 spiro atoms. The van der Waals surface area contributed by atoms with E-state index in [4.69, 9.17) is 9.47 Å². The number of allylic oxidation sites excluding steroid dienone is 1. The van der Waals surface area contributed by atoms with Crippen LogP contribution in [0.25, 0.3) is 0 Å². The molecule has 0 aliphatic heterocycles. The van der Waals surface area contributed by atoms with Crippen LogP contribution in [0.5, 0.6) is 0 Å². The van der Waals surface area contributed by atoms with Crippen LogP contribution in [0.1, 0.15) is 34.1 Å². The van der Waals surface area contributed by atoms with E-state index >= 15 is 0 Å². The fraction of sp³-hybridized carbons (Fsp3) is 0.636. The van der Waals surface area contributed by atoms with E-state index < -0.39 is 0 Å². The summed E-state index contributed by atoms with van der Waals surface area (Å²) in [5, 5.41) is 0. The van der Waals surface area contributed by atoms with Crippen LogP contribution >= 0.6 is 0 Å². The smallest absolute Gasteiger partial charge is 0.303 e. The fourth-order valence-electron chi connectivity index (χ4n) is 1.22. The Hall–Kier alpha value is -1.32. The lowest BCUT2D eigenvalue weighted by Gasteiger charge is -2.15. The highest BCUT2D eigenvalue weighted by atomic mass is 16.5. The van der Waals surface area contributed by atoms with Crippen molar-refractivity contribution in [3.8, 4) is 0 Å². The molecule has 86 valence electrons. The van der Waals surface area contributed by atoms with Crippen LogP contribution in [-0.4, -0.2) is 24.6 Å². The molecule has 15 heavy (non-hydrogen) atoms. The number of ether oxygens (including phenoxy) is 2. The van der Waals surface area contributed by atoms with E-state index in [0.717, 1.165) is 5.57 Å². The zero-order chi connectivity index (χ0) is 11.8. The molecule has 4 nitrogen and oxygen atoms in total. The van der Waals surface area contributed by atoms with Gasteiger partial charge in [-0.15, -0.1) is 0 Å². The van der Waals surface area contributed by atoms with E-state index in [-0.39, 0.29) is 18.0 Å². The van der Waals surface area contributed by atoms with Crippen LogP contribution in [-0.2, 0) is 19.1 Å². The molecule has 0 radical (unpaired) electrons. The van der Waals surface area contributed by atoms with Gasteiger partial charge in [0, 0.05) is 20.3 Å². The van der Waals surface area contributed by atoms with Crippen molar-refractivity contribution in [1.82, 2.24) is 0 Å². The highest BCUT2D eigenvalue weighted by Crippen LogP contribution is 2.11. The number of carbonyl (C=O) groups is 2. The second-order valence-corrected chi connectivity index (χ2v) is 3.21. The molecule has 0 aromatic carbocycles. The average Bonchev–Trinajstić information content (AvgIpc) is 2.10. The second kappa shape index (κ2) is 7.04. The number of rotatable bonds is 5. The molecule has 0 rings (SSSR count). The highest BCUT2D eigenvalue weighted by molar-refractivity contribution is 5.66. The van der Waals surface area contributed by atoms with Crippen LogP contribution in [0.2, 0.25) is 0 Å². The Morgan fingerprint density at radius 3 is 2.27 bits per heavy atom. The summed E-state index contributed by atoms with van der Waals surface area (Å²) in [5.41, 5.74) is 0.950. The first-order chi connectivity index (χ1) is 6.97. The molecule has 0 saturated heterocycles. The molecule has 0 saturated carbocycles. The number of hydrogen-bond donors (Lipinski definition) is 0. The largest absolute Gasteiger partial charge is 0.466 e. The summed E-state index contributed by atoms with van der Waals surface area (Å²) in [5.74, 6) is -0.611. The minimum absolute atomic E-state index is 0.261. The minimum Gasteiger partial charge on any atom is -0.466 e. The van der Waals surface area contributed by atoms with E-state index in [1.54, 1.807) is 6.92 Å². The molecule has 0 heterocycles. The van der Waals surface area contributed by atoms with E-state index in [9.17, 15) is 9.59 Å². The molecular formula is C11H18O4. The third-order valence-corrected chi connectivity index (χ3v) is 1.93. The maximum atomic E-state index is 10.7. The molecule has 0 amide bonds. The maximum Gasteiger partial charge on any atom is 0.303 e. The Kier molecular flexibility index (Phi) is 6.42. The normalized spacial score (nSPS) is 13.2. The van der Waals surface area contributed by atoms with Gasteiger partial charge >= 0.3 is 11.9 Å². The van der Waals surface area contributed by atoms with Crippen molar-refractivity contribution in [2.24, 2.45) is 0 Å². The van der Waals surface area contributed by atoms with E-state index in [1.165, 1.54) is 13.8 Å².